The molecule has 0 spiro atoms. The average Bonchev–Trinajstić information content (AvgIpc) is 3.75. The number of hydrogen-bond acceptors (Lipinski definition) is 7. The van der Waals surface area contributed by atoms with Gasteiger partial charge in [0.1, 0.15) is 0 Å². The van der Waals surface area contributed by atoms with E-state index in [-0.39, 0.29) is 23.8 Å². The van der Waals surface area contributed by atoms with Gasteiger partial charge in [-0.2, -0.15) is 5.10 Å². The summed E-state index contributed by atoms with van der Waals surface area (Å²) < 4.78 is 11.8. The number of hydrazone groups is 1. The van der Waals surface area contributed by atoms with Gasteiger partial charge in [-0.15, -0.1) is 0 Å². The summed E-state index contributed by atoms with van der Waals surface area (Å²) in [4.78, 5) is 49.5. The smallest absolute Gasteiger partial charge is 0.274 e. The summed E-state index contributed by atoms with van der Waals surface area (Å²) in [5, 5.41) is 12.6. The molecule has 5 aromatic carbocycles. The molecule has 0 unspecified atom stereocenters. The highest BCUT2D eigenvalue weighted by Crippen LogP contribution is 2.33. The van der Waals surface area contributed by atoms with E-state index in [1.165, 1.54) is 17.9 Å². The summed E-state index contributed by atoms with van der Waals surface area (Å²) >= 11 is 16.6. The van der Waals surface area contributed by atoms with Gasteiger partial charge in [-0.1, -0.05) is 29.3 Å². The Hall–Kier alpha value is -5.68. The van der Waals surface area contributed by atoms with Crippen LogP contribution in [0.25, 0.3) is 0 Å². The number of carbonyl (C=O) groups excluding carboxylic acids is 4. The van der Waals surface area contributed by atoms with Crippen LogP contribution in [0.3, 0.4) is 0 Å². The van der Waals surface area contributed by atoms with Crippen LogP contribution in [0.15, 0.2) is 120 Å². The molecule has 0 atom stereocenters. The number of hydrogen-bond donors (Lipinski definition) is 2. The first-order valence-corrected chi connectivity index (χ1v) is 19.5. The van der Waals surface area contributed by atoms with Gasteiger partial charge in [0.05, 0.1) is 18.9 Å². The Bertz CT molecular complexity index is 2260. The minimum absolute atomic E-state index is 0.186. The minimum Gasteiger partial charge on any atom is -0.493 e. The first-order valence-electron chi connectivity index (χ1n) is 18.3. The van der Waals surface area contributed by atoms with E-state index < -0.39 is 5.24 Å². The predicted molar refractivity (Wildman–Crippen MR) is 225 cm³/mol. The Morgan fingerprint density at radius 1 is 0.667 bits per heavy atom. The zero-order chi connectivity index (χ0) is 40.3. The highest BCUT2D eigenvalue weighted by atomic mass is 35.5. The van der Waals surface area contributed by atoms with Crippen molar-refractivity contribution >= 4 is 74.9 Å². The van der Waals surface area contributed by atoms with Crippen molar-refractivity contribution in [2.45, 2.75) is 44.6 Å². The zero-order valence-corrected chi connectivity index (χ0v) is 33.2. The number of methoxy groups -OCH3 is 1. The largest absolute Gasteiger partial charge is 0.493 e. The fraction of sp³-hybridized carbons (Fsp3) is 0.205. The molecule has 0 bridgehead atoms. The standard InChI is InChI=1S/C37H35ClN4O5.C7H4Cl2O/c1-46-33-20-15-26(23-34(33)47-31-8-2-3-9-31)32-10-5-21-42(41-32)37(45)27-6-4-7-30(22-27)40-36(44)25-13-18-29(19-14-25)39-35(43)24-11-16-28(38)17-12-24;8-6-3-1-5(2-4-6)7(9)10/h4,6-7,11-20,22-23,31H,2-3,5,8-10,21H2,1H3,(H,39,43)(H,40,44);1-4H. The highest BCUT2D eigenvalue weighted by Gasteiger charge is 2.23. The molecule has 1 heterocycles. The highest BCUT2D eigenvalue weighted by molar-refractivity contribution is 6.67. The quantitative estimate of drug-likeness (QED) is 0.135. The molecule has 1 fully saturated rings. The number of benzene rings is 5. The second kappa shape index (κ2) is 19.5. The lowest BCUT2D eigenvalue weighted by Gasteiger charge is -2.24. The number of nitrogens with zero attached hydrogens (tertiary/aromatic N) is 2. The van der Waals surface area contributed by atoms with Crippen molar-refractivity contribution in [3.8, 4) is 11.5 Å². The first-order chi connectivity index (χ1) is 27.6. The minimum atomic E-state index is -0.461. The molecule has 10 nitrogen and oxygen atoms in total. The van der Waals surface area contributed by atoms with E-state index in [0.29, 0.717) is 61.7 Å². The van der Waals surface area contributed by atoms with Crippen LogP contribution in [-0.2, 0) is 0 Å². The topological polar surface area (TPSA) is 126 Å². The summed E-state index contributed by atoms with van der Waals surface area (Å²) in [6, 6.07) is 32.1. The molecule has 7 rings (SSSR count). The fourth-order valence-corrected chi connectivity index (χ4v) is 6.68. The van der Waals surface area contributed by atoms with Gasteiger partial charge < -0.3 is 20.1 Å². The third-order valence-corrected chi connectivity index (χ3v) is 10.0. The van der Waals surface area contributed by atoms with Gasteiger partial charge >= 0.3 is 0 Å². The number of amides is 3. The average molecular weight is 826 g/mol. The van der Waals surface area contributed by atoms with Crippen LogP contribution in [0, 0.1) is 0 Å². The fourth-order valence-electron chi connectivity index (χ4n) is 6.30. The van der Waals surface area contributed by atoms with E-state index in [9.17, 15) is 19.2 Å². The maximum absolute atomic E-state index is 13.5. The van der Waals surface area contributed by atoms with Crippen molar-refractivity contribution in [3.63, 3.8) is 0 Å². The molecular weight excluding hydrogens is 787 g/mol. The number of nitrogens with one attached hydrogen (secondary N) is 2. The Kier molecular flexibility index (Phi) is 14.0. The number of carbonyl (C=O) groups is 4. The summed E-state index contributed by atoms with van der Waals surface area (Å²) in [5.74, 6) is 0.491. The predicted octanol–water partition coefficient (Wildman–Crippen LogP) is 10.5. The van der Waals surface area contributed by atoms with Gasteiger partial charge in [-0.3, -0.25) is 19.2 Å². The maximum atomic E-state index is 13.5. The van der Waals surface area contributed by atoms with Crippen molar-refractivity contribution in [2.24, 2.45) is 5.10 Å². The zero-order valence-electron chi connectivity index (χ0n) is 31.0. The molecule has 1 aliphatic heterocycles. The summed E-state index contributed by atoms with van der Waals surface area (Å²) in [6.45, 7) is 0.488. The number of halogens is 3. The Morgan fingerprint density at radius 2 is 1.26 bits per heavy atom. The summed E-state index contributed by atoms with van der Waals surface area (Å²) in [7, 11) is 1.63. The van der Waals surface area contributed by atoms with Crippen molar-refractivity contribution < 1.29 is 28.7 Å². The molecule has 1 saturated carbocycles. The molecular formula is C44H39Cl3N4O6. The van der Waals surface area contributed by atoms with Crippen molar-refractivity contribution in [3.05, 3.63) is 153 Å². The van der Waals surface area contributed by atoms with Crippen LogP contribution in [0.5, 0.6) is 11.5 Å². The van der Waals surface area contributed by atoms with Crippen molar-refractivity contribution in [2.75, 3.05) is 24.3 Å². The molecule has 0 aromatic heterocycles. The van der Waals surface area contributed by atoms with Crippen molar-refractivity contribution in [1.29, 1.82) is 0 Å². The van der Waals surface area contributed by atoms with Gasteiger partial charge in [0.2, 0.25) is 0 Å². The first kappa shape index (κ1) is 41.0. The lowest BCUT2D eigenvalue weighted by atomic mass is 10.0. The lowest BCUT2D eigenvalue weighted by molar-refractivity contribution is 0.0751. The van der Waals surface area contributed by atoms with E-state index in [0.717, 1.165) is 37.0 Å². The Balaban J connectivity index is 0.000000479. The molecule has 0 saturated heterocycles. The van der Waals surface area contributed by atoms with Crippen LogP contribution in [0.2, 0.25) is 10.0 Å². The molecule has 1 aliphatic carbocycles. The van der Waals surface area contributed by atoms with E-state index in [1.807, 2.05) is 18.2 Å². The lowest BCUT2D eigenvalue weighted by Crippen LogP contribution is -2.32. The Labute approximate surface area is 345 Å². The van der Waals surface area contributed by atoms with E-state index >= 15 is 0 Å². The second-order valence-corrected chi connectivity index (χ2v) is 14.5. The van der Waals surface area contributed by atoms with Crippen LogP contribution in [0.4, 0.5) is 11.4 Å². The van der Waals surface area contributed by atoms with Crippen LogP contribution in [-0.4, -0.2) is 53.4 Å². The van der Waals surface area contributed by atoms with Crippen LogP contribution >= 0.6 is 34.8 Å². The SMILES string of the molecule is COc1ccc(C2=NN(C(=O)c3cccc(NC(=O)c4ccc(NC(=O)c5ccc(Cl)cc5)cc4)c3)CCC2)cc1OC1CCCC1.O=C(Cl)c1ccc(Cl)cc1. The molecule has 13 heteroatoms. The van der Waals surface area contributed by atoms with Gasteiger partial charge in [0.25, 0.3) is 23.0 Å². The number of ether oxygens (including phenoxy) is 2. The molecule has 5 aromatic rings. The molecule has 2 aliphatic rings. The molecule has 3 amide bonds. The molecule has 292 valence electrons. The van der Waals surface area contributed by atoms with Gasteiger partial charge in [-0.25, -0.2) is 5.01 Å². The number of rotatable bonds is 10. The third-order valence-electron chi connectivity index (χ3n) is 9.30. The van der Waals surface area contributed by atoms with Gasteiger partial charge in [0.15, 0.2) is 11.5 Å². The monoisotopic (exact) mass is 824 g/mol. The molecule has 2 N–H and O–H groups in total. The summed E-state index contributed by atoms with van der Waals surface area (Å²) in [5.41, 5.74) is 4.46. The molecule has 57 heavy (non-hydrogen) atoms. The molecule has 0 radical (unpaired) electrons. The number of anilines is 2. The van der Waals surface area contributed by atoms with E-state index in [4.69, 9.17) is 49.4 Å². The Morgan fingerprint density at radius 3 is 1.88 bits per heavy atom. The van der Waals surface area contributed by atoms with Crippen molar-refractivity contribution in [1.82, 2.24) is 5.01 Å². The van der Waals surface area contributed by atoms with Crippen LogP contribution in [0.1, 0.15) is 85.5 Å². The van der Waals surface area contributed by atoms with E-state index in [1.54, 1.807) is 104 Å². The van der Waals surface area contributed by atoms with Gasteiger partial charge in [-0.05, 0) is 159 Å². The van der Waals surface area contributed by atoms with E-state index in [2.05, 4.69) is 10.6 Å². The second-order valence-electron chi connectivity index (χ2n) is 13.3. The maximum Gasteiger partial charge on any atom is 0.274 e. The normalized spacial score (nSPS) is 13.8. The van der Waals surface area contributed by atoms with Gasteiger partial charge in [0, 0.05) is 55.8 Å². The summed E-state index contributed by atoms with van der Waals surface area (Å²) in [6.07, 6.45) is 6.09. The third kappa shape index (κ3) is 11.2. The van der Waals surface area contributed by atoms with Crippen LogP contribution < -0.4 is 20.1 Å².